The quantitative estimate of drug-likeness (QED) is 0.711. The van der Waals surface area contributed by atoms with Crippen molar-refractivity contribution in [1.82, 2.24) is 10.2 Å². The minimum absolute atomic E-state index is 0.537. The summed E-state index contributed by atoms with van der Waals surface area (Å²) in [6.07, 6.45) is 5.62. The van der Waals surface area contributed by atoms with Crippen LogP contribution in [0.5, 0.6) is 0 Å². The summed E-state index contributed by atoms with van der Waals surface area (Å²) in [4.78, 5) is 2.56. The summed E-state index contributed by atoms with van der Waals surface area (Å²) < 4.78 is 0. The van der Waals surface area contributed by atoms with E-state index < -0.39 is 0 Å². The van der Waals surface area contributed by atoms with Crippen LogP contribution in [-0.2, 0) is 0 Å². The van der Waals surface area contributed by atoms with Crippen molar-refractivity contribution in [2.45, 2.75) is 38.6 Å². The van der Waals surface area contributed by atoms with Crippen LogP contribution in [0.1, 0.15) is 32.6 Å². The van der Waals surface area contributed by atoms with Gasteiger partial charge in [0.05, 0.1) is 0 Å². The Labute approximate surface area is 81.7 Å². The van der Waals surface area contributed by atoms with E-state index in [4.69, 9.17) is 0 Å². The van der Waals surface area contributed by atoms with E-state index >= 15 is 0 Å². The molecule has 1 N–H and O–H groups in total. The molecule has 2 aliphatic rings. The third-order valence-corrected chi connectivity index (χ3v) is 3.49. The van der Waals surface area contributed by atoms with Gasteiger partial charge in [-0.25, -0.2) is 0 Å². The Hall–Kier alpha value is -0.0800. The van der Waals surface area contributed by atoms with Gasteiger partial charge in [0, 0.05) is 19.1 Å². The summed E-state index contributed by atoms with van der Waals surface area (Å²) in [6, 6.07) is 0.916. The van der Waals surface area contributed by atoms with Gasteiger partial charge in [0.1, 0.15) is 0 Å². The molecule has 0 radical (unpaired) electrons. The van der Waals surface area contributed by atoms with Crippen LogP contribution in [0.2, 0.25) is 0 Å². The lowest BCUT2D eigenvalue weighted by atomic mass is 9.82. The van der Waals surface area contributed by atoms with E-state index in [1.54, 1.807) is 0 Å². The van der Waals surface area contributed by atoms with Gasteiger partial charge in [-0.05, 0) is 44.7 Å². The minimum atomic E-state index is 0.537. The second-order valence-electron chi connectivity index (χ2n) is 5.24. The Bertz CT molecular complexity index is 169. The number of rotatable bonds is 3. The molecule has 0 aromatic rings. The van der Waals surface area contributed by atoms with Gasteiger partial charge in [-0.3, -0.25) is 0 Å². The number of nitrogens with zero attached hydrogens (tertiary/aromatic N) is 1. The number of hydrogen-bond donors (Lipinski definition) is 1. The van der Waals surface area contributed by atoms with Crippen LogP contribution in [0.25, 0.3) is 0 Å². The highest BCUT2D eigenvalue weighted by atomic mass is 15.2. The molecule has 1 saturated heterocycles. The first-order chi connectivity index (χ1) is 6.20. The highest BCUT2D eigenvalue weighted by molar-refractivity contribution is 4.89. The van der Waals surface area contributed by atoms with Crippen LogP contribution in [-0.4, -0.2) is 37.6 Å². The molecule has 1 unspecified atom stereocenters. The third kappa shape index (κ3) is 2.44. The van der Waals surface area contributed by atoms with Gasteiger partial charge in [-0.15, -0.1) is 0 Å². The molecule has 0 spiro atoms. The number of piperidine rings is 1. The zero-order chi connectivity index (χ0) is 9.31. The fourth-order valence-electron chi connectivity index (χ4n) is 2.50. The fourth-order valence-corrected chi connectivity index (χ4v) is 2.50. The summed E-state index contributed by atoms with van der Waals surface area (Å²) in [5, 5.41) is 3.51. The van der Waals surface area contributed by atoms with Gasteiger partial charge in [-0.2, -0.15) is 0 Å². The highest BCUT2D eigenvalue weighted by Crippen LogP contribution is 2.31. The molecule has 1 aliphatic heterocycles. The summed E-state index contributed by atoms with van der Waals surface area (Å²) in [5.74, 6) is 0. The largest absolute Gasteiger partial charge is 0.316 e. The Morgan fingerprint density at radius 2 is 2.23 bits per heavy atom. The van der Waals surface area contributed by atoms with E-state index in [0.717, 1.165) is 6.04 Å². The molecule has 1 aliphatic carbocycles. The van der Waals surface area contributed by atoms with Crippen LogP contribution in [0.3, 0.4) is 0 Å². The highest BCUT2D eigenvalue weighted by Gasteiger charge is 2.33. The maximum Gasteiger partial charge on any atom is 0.00936 e. The average molecular weight is 182 g/mol. The van der Waals surface area contributed by atoms with Gasteiger partial charge >= 0.3 is 0 Å². The molecule has 0 aromatic carbocycles. The lowest BCUT2D eigenvalue weighted by Crippen LogP contribution is -2.45. The van der Waals surface area contributed by atoms with Gasteiger partial charge in [0.15, 0.2) is 0 Å². The van der Waals surface area contributed by atoms with Crippen molar-refractivity contribution >= 4 is 0 Å². The molecule has 13 heavy (non-hydrogen) atoms. The molecule has 0 bridgehead atoms. The predicted molar refractivity (Wildman–Crippen MR) is 55.9 cm³/mol. The molecule has 1 atom stereocenters. The minimum Gasteiger partial charge on any atom is -0.316 e. The predicted octanol–water partition coefficient (Wildman–Crippen LogP) is 1.47. The Kier molecular flexibility index (Phi) is 2.61. The standard InChI is InChI=1S/C11H22N2/c1-11(6-3-7-12-8-11)9-13(2)10-4-5-10/h10,12H,3-9H2,1-2H3. The second kappa shape index (κ2) is 3.58. The van der Waals surface area contributed by atoms with Crippen molar-refractivity contribution in [1.29, 1.82) is 0 Å². The van der Waals surface area contributed by atoms with Crippen molar-refractivity contribution in [3.8, 4) is 0 Å². The topological polar surface area (TPSA) is 15.3 Å². The molecule has 0 aromatic heterocycles. The zero-order valence-corrected chi connectivity index (χ0v) is 8.97. The molecular weight excluding hydrogens is 160 g/mol. The first-order valence-corrected chi connectivity index (χ1v) is 5.61. The summed E-state index contributed by atoms with van der Waals surface area (Å²) in [6.45, 7) is 6.15. The van der Waals surface area contributed by atoms with E-state index in [1.807, 2.05) is 0 Å². The van der Waals surface area contributed by atoms with Crippen molar-refractivity contribution in [2.24, 2.45) is 5.41 Å². The maximum absolute atomic E-state index is 3.51. The molecule has 2 rings (SSSR count). The lowest BCUT2D eigenvalue weighted by Gasteiger charge is -2.37. The van der Waals surface area contributed by atoms with Crippen LogP contribution in [0.15, 0.2) is 0 Å². The SMILES string of the molecule is CN(CC1(C)CCCNC1)C1CC1. The first kappa shape index (κ1) is 9.47. The zero-order valence-electron chi connectivity index (χ0n) is 8.97. The van der Waals surface area contributed by atoms with Crippen molar-refractivity contribution < 1.29 is 0 Å². The van der Waals surface area contributed by atoms with E-state index in [1.165, 1.54) is 45.3 Å². The summed E-state index contributed by atoms with van der Waals surface area (Å²) in [5.41, 5.74) is 0.537. The monoisotopic (exact) mass is 182 g/mol. The summed E-state index contributed by atoms with van der Waals surface area (Å²) in [7, 11) is 2.29. The molecule has 1 heterocycles. The van der Waals surface area contributed by atoms with Crippen LogP contribution >= 0.6 is 0 Å². The molecular formula is C11H22N2. The smallest absolute Gasteiger partial charge is 0.00936 e. The van der Waals surface area contributed by atoms with Gasteiger partial charge in [0.2, 0.25) is 0 Å². The molecule has 0 amide bonds. The Morgan fingerprint density at radius 1 is 1.46 bits per heavy atom. The van der Waals surface area contributed by atoms with Crippen molar-refractivity contribution in [3.05, 3.63) is 0 Å². The maximum atomic E-state index is 3.51. The van der Waals surface area contributed by atoms with Crippen molar-refractivity contribution in [2.75, 3.05) is 26.7 Å². The molecule has 1 saturated carbocycles. The molecule has 2 fully saturated rings. The van der Waals surface area contributed by atoms with Gasteiger partial charge in [0.25, 0.3) is 0 Å². The summed E-state index contributed by atoms with van der Waals surface area (Å²) >= 11 is 0. The van der Waals surface area contributed by atoms with Crippen LogP contribution in [0, 0.1) is 5.41 Å². The van der Waals surface area contributed by atoms with E-state index in [2.05, 4.69) is 24.2 Å². The normalized spacial score (nSPS) is 35.3. The van der Waals surface area contributed by atoms with Crippen LogP contribution in [0.4, 0.5) is 0 Å². The Morgan fingerprint density at radius 3 is 2.77 bits per heavy atom. The third-order valence-electron chi connectivity index (χ3n) is 3.49. The Balaban J connectivity index is 1.82. The van der Waals surface area contributed by atoms with E-state index in [-0.39, 0.29) is 0 Å². The van der Waals surface area contributed by atoms with Crippen molar-refractivity contribution in [3.63, 3.8) is 0 Å². The molecule has 2 heteroatoms. The molecule has 76 valence electrons. The van der Waals surface area contributed by atoms with E-state index in [0.29, 0.717) is 5.41 Å². The number of hydrogen-bond acceptors (Lipinski definition) is 2. The molecule has 2 nitrogen and oxygen atoms in total. The number of nitrogens with one attached hydrogen (secondary N) is 1. The van der Waals surface area contributed by atoms with Crippen LogP contribution < -0.4 is 5.32 Å². The average Bonchev–Trinajstić information content (AvgIpc) is 2.86. The fraction of sp³-hybridized carbons (Fsp3) is 1.00. The van der Waals surface area contributed by atoms with Gasteiger partial charge in [-0.1, -0.05) is 6.92 Å². The lowest BCUT2D eigenvalue weighted by molar-refractivity contribution is 0.148. The van der Waals surface area contributed by atoms with Gasteiger partial charge < -0.3 is 10.2 Å². The van der Waals surface area contributed by atoms with E-state index in [9.17, 15) is 0 Å². The first-order valence-electron chi connectivity index (χ1n) is 5.61. The second-order valence-corrected chi connectivity index (χ2v) is 5.24.